The average Bonchev–Trinajstić information content (AvgIpc) is 2.90. The summed E-state index contributed by atoms with van der Waals surface area (Å²) in [7, 11) is 0. The molecule has 4 rings (SSSR count). The van der Waals surface area contributed by atoms with E-state index in [9.17, 15) is 4.79 Å². The lowest BCUT2D eigenvalue weighted by molar-refractivity contribution is 0.759. The first-order chi connectivity index (χ1) is 9.83. The SMILES string of the molecule is O=c1c(Cc2ccccc2)cn2c3c(cccc13)CC2. The van der Waals surface area contributed by atoms with Gasteiger partial charge in [0.05, 0.1) is 5.52 Å². The Morgan fingerprint density at radius 2 is 1.85 bits per heavy atom. The van der Waals surface area contributed by atoms with E-state index in [1.807, 2.05) is 36.5 Å². The topological polar surface area (TPSA) is 22.0 Å². The molecule has 0 radical (unpaired) electrons. The van der Waals surface area contributed by atoms with E-state index in [2.05, 4.69) is 22.8 Å². The van der Waals surface area contributed by atoms with E-state index >= 15 is 0 Å². The number of nitrogens with zero attached hydrogens (tertiary/aromatic N) is 1. The molecule has 98 valence electrons. The lowest BCUT2D eigenvalue weighted by atomic mass is 10.0. The maximum absolute atomic E-state index is 12.7. The van der Waals surface area contributed by atoms with Crippen LogP contribution in [0.15, 0.2) is 59.5 Å². The first kappa shape index (κ1) is 11.5. The number of hydrogen-bond donors (Lipinski definition) is 0. The Kier molecular flexibility index (Phi) is 2.49. The van der Waals surface area contributed by atoms with E-state index in [4.69, 9.17) is 0 Å². The lowest BCUT2D eigenvalue weighted by Gasteiger charge is -2.08. The minimum atomic E-state index is 0.184. The molecule has 2 nitrogen and oxygen atoms in total. The molecule has 1 aromatic heterocycles. The minimum absolute atomic E-state index is 0.184. The summed E-state index contributed by atoms with van der Waals surface area (Å²) in [5.41, 5.74) is 4.69. The van der Waals surface area contributed by atoms with Crippen LogP contribution in [0.25, 0.3) is 10.9 Å². The van der Waals surface area contributed by atoms with E-state index in [-0.39, 0.29) is 5.43 Å². The van der Waals surface area contributed by atoms with Gasteiger partial charge in [-0.1, -0.05) is 42.5 Å². The monoisotopic (exact) mass is 261 g/mol. The molecule has 3 aromatic rings. The van der Waals surface area contributed by atoms with Gasteiger partial charge in [-0.25, -0.2) is 0 Å². The molecule has 0 unspecified atom stereocenters. The van der Waals surface area contributed by atoms with Gasteiger partial charge in [-0.3, -0.25) is 4.79 Å². The molecule has 0 amide bonds. The molecule has 2 heteroatoms. The number of aromatic nitrogens is 1. The Hall–Kier alpha value is -2.35. The van der Waals surface area contributed by atoms with Crippen molar-refractivity contribution in [2.75, 3.05) is 0 Å². The van der Waals surface area contributed by atoms with Crippen molar-refractivity contribution in [2.45, 2.75) is 19.4 Å². The van der Waals surface area contributed by atoms with Crippen molar-refractivity contribution in [3.8, 4) is 0 Å². The zero-order valence-electron chi connectivity index (χ0n) is 11.2. The highest BCUT2D eigenvalue weighted by Crippen LogP contribution is 2.24. The highest BCUT2D eigenvalue weighted by atomic mass is 16.1. The predicted molar refractivity (Wildman–Crippen MR) is 81.2 cm³/mol. The van der Waals surface area contributed by atoms with E-state index < -0.39 is 0 Å². The highest BCUT2D eigenvalue weighted by molar-refractivity contribution is 5.84. The molecule has 20 heavy (non-hydrogen) atoms. The molecule has 2 heterocycles. The molecule has 0 N–H and O–H groups in total. The average molecular weight is 261 g/mol. The van der Waals surface area contributed by atoms with Crippen molar-refractivity contribution in [3.05, 3.63) is 81.6 Å². The van der Waals surface area contributed by atoms with Crippen LogP contribution < -0.4 is 5.43 Å². The number of rotatable bonds is 2. The van der Waals surface area contributed by atoms with Crippen LogP contribution in [0.5, 0.6) is 0 Å². The van der Waals surface area contributed by atoms with Crippen molar-refractivity contribution in [3.63, 3.8) is 0 Å². The van der Waals surface area contributed by atoms with Gasteiger partial charge in [-0.15, -0.1) is 0 Å². The smallest absolute Gasteiger partial charge is 0.192 e. The summed E-state index contributed by atoms with van der Waals surface area (Å²) < 4.78 is 2.24. The van der Waals surface area contributed by atoms with E-state index in [0.29, 0.717) is 6.42 Å². The summed E-state index contributed by atoms with van der Waals surface area (Å²) >= 11 is 0. The molecule has 0 spiro atoms. The van der Waals surface area contributed by atoms with Crippen molar-refractivity contribution in [1.82, 2.24) is 4.57 Å². The van der Waals surface area contributed by atoms with Crippen molar-refractivity contribution in [2.24, 2.45) is 0 Å². The molecule has 1 aliphatic rings. The van der Waals surface area contributed by atoms with Gasteiger partial charge in [0, 0.05) is 30.1 Å². The molecule has 0 atom stereocenters. The quantitative estimate of drug-likeness (QED) is 0.694. The van der Waals surface area contributed by atoms with E-state index in [1.165, 1.54) is 11.1 Å². The van der Waals surface area contributed by atoms with Gasteiger partial charge in [-0.05, 0) is 23.6 Å². The highest BCUT2D eigenvalue weighted by Gasteiger charge is 2.16. The van der Waals surface area contributed by atoms with Crippen LogP contribution >= 0.6 is 0 Å². The molecular weight excluding hydrogens is 246 g/mol. The summed E-state index contributed by atoms with van der Waals surface area (Å²) in [6, 6.07) is 16.3. The van der Waals surface area contributed by atoms with Gasteiger partial charge in [0.2, 0.25) is 0 Å². The molecule has 0 bridgehead atoms. The first-order valence-electron chi connectivity index (χ1n) is 7.01. The summed E-state index contributed by atoms with van der Waals surface area (Å²) in [6.45, 7) is 0.984. The Bertz CT molecular complexity index is 846. The van der Waals surface area contributed by atoms with Crippen LogP contribution in [-0.2, 0) is 19.4 Å². The predicted octanol–water partition coefficient (Wildman–Crippen LogP) is 3.15. The molecule has 0 saturated carbocycles. The molecule has 0 fully saturated rings. The third-order valence-electron chi connectivity index (χ3n) is 4.11. The fourth-order valence-electron chi connectivity index (χ4n) is 3.16. The first-order valence-corrected chi connectivity index (χ1v) is 7.01. The van der Waals surface area contributed by atoms with E-state index in [1.54, 1.807) is 0 Å². The Morgan fingerprint density at radius 3 is 2.70 bits per heavy atom. The second-order valence-electron chi connectivity index (χ2n) is 5.40. The molecule has 1 aliphatic heterocycles. The standard InChI is InChI=1S/C18H15NO/c20-18-15(11-13-5-2-1-3-6-13)12-19-10-9-14-7-4-8-16(18)17(14)19/h1-8,12H,9-11H2. The summed E-state index contributed by atoms with van der Waals surface area (Å²) in [4.78, 5) is 12.7. The number of hydrogen-bond acceptors (Lipinski definition) is 1. The van der Waals surface area contributed by atoms with Gasteiger partial charge in [0.15, 0.2) is 5.43 Å². The van der Waals surface area contributed by atoms with Gasteiger partial charge in [0.1, 0.15) is 0 Å². The second kappa shape index (κ2) is 4.34. The van der Waals surface area contributed by atoms with Crippen molar-refractivity contribution < 1.29 is 0 Å². The fourth-order valence-corrected chi connectivity index (χ4v) is 3.16. The molecule has 0 aliphatic carbocycles. The maximum Gasteiger partial charge on any atom is 0.192 e. The summed E-state index contributed by atoms with van der Waals surface area (Å²) in [6.07, 6.45) is 3.79. The number of benzene rings is 2. The number of para-hydroxylation sites is 1. The Balaban J connectivity index is 1.91. The van der Waals surface area contributed by atoms with Crippen LogP contribution in [-0.4, -0.2) is 4.57 Å². The Labute approximate surface area is 117 Å². The lowest BCUT2D eigenvalue weighted by Crippen LogP contribution is -2.13. The zero-order valence-corrected chi connectivity index (χ0v) is 11.2. The third kappa shape index (κ3) is 1.68. The van der Waals surface area contributed by atoms with Crippen LogP contribution in [0.4, 0.5) is 0 Å². The van der Waals surface area contributed by atoms with Gasteiger partial charge < -0.3 is 4.57 Å². The minimum Gasteiger partial charge on any atom is -0.346 e. The largest absolute Gasteiger partial charge is 0.346 e. The summed E-state index contributed by atoms with van der Waals surface area (Å²) in [5, 5.41) is 0.869. The van der Waals surface area contributed by atoms with Crippen LogP contribution in [0.1, 0.15) is 16.7 Å². The number of aryl methyl sites for hydroxylation is 2. The van der Waals surface area contributed by atoms with Crippen LogP contribution in [0.3, 0.4) is 0 Å². The maximum atomic E-state index is 12.7. The van der Waals surface area contributed by atoms with E-state index in [0.717, 1.165) is 29.4 Å². The summed E-state index contributed by atoms with van der Waals surface area (Å²) in [5.74, 6) is 0. The normalized spacial score (nSPS) is 13.0. The fraction of sp³-hybridized carbons (Fsp3) is 0.167. The van der Waals surface area contributed by atoms with Crippen LogP contribution in [0.2, 0.25) is 0 Å². The molecule has 2 aromatic carbocycles. The van der Waals surface area contributed by atoms with Crippen LogP contribution in [0, 0.1) is 0 Å². The molecular formula is C18H15NO. The van der Waals surface area contributed by atoms with Gasteiger partial charge in [-0.2, -0.15) is 0 Å². The molecule has 0 saturated heterocycles. The van der Waals surface area contributed by atoms with Crippen molar-refractivity contribution >= 4 is 10.9 Å². The second-order valence-corrected chi connectivity index (χ2v) is 5.40. The third-order valence-corrected chi connectivity index (χ3v) is 4.11. The number of pyridine rings is 1. The van der Waals surface area contributed by atoms with Gasteiger partial charge in [0.25, 0.3) is 0 Å². The Morgan fingerprint density at radius 1 is 1.00 bits per heavy atom. The zero-order chi connectivity index (χ0) is 13.5. The van der Waals surface area contributed by atoms with Crippen molar-refractivity contribution in [1.29, 1.82) is 0 Å². The van der Waals surface area contributed by atoms with Gasteiger partial charge >= 0.3 is 0 Å².